The third-order valence-corrected chi connectivity index (χ3v) is 11.2. The molecule has 7 aromatic rings. The van der Waals surface area contributed by atoms with E-state index in [9.17, 15) is 62.3 Å². The van der Waals surface area contributed by atoms with Gasteiger partial charge in [-0.2, -0.15) is 4.57 Å². The molecule has 5 nitrogen and oxygen atoms in total. The van der Waals surface area contributed by atoms with Crippen molar-refractivity contribution in [2.24, 2.45) is 0 Å². The molecule has 0 N–H and O–H groups in total. The van der Waals surface area contributed by atoms with Gasteiger partial charge in [0.05, 0.1) is 6.20 Å². The first-order valence-corrected chi connectivity index (χ1v) is 19.6. The predicted octanol–water partition coefficient (Wildman–Crippen LogP) is 9.02. The van der Waals surface area contributed by atoms with Crippen molar-refractivity contribution in [2.75, 3.05) is 0 Å². The number of benzene rings is 6. The van der Waals surface area contributed by atoms with Gasteiger partial charge in [-0.3, -0.25) is 9.78 Å². The van der Waals surface area contributed by atoms with E-state index in [1.807, 2.05) is 54.6 Å². The van der Waals surface area contributed by atoms with E-state index in [4.69, 9.17) is 4.74 Å². The zero-order valence-electron chi connectivity index (χ0n) is 34.6. The molecule has 1 aliphatic carbocycles. The molecule has 6 aromatic carbocycles. The summed E-state index contributed by atoms with van der Waals surface area (Å²) in [7, 11) is 0. The van der Waals surface area contributed by atoms with Gasteiger partial charge in [0.2, 0.25) is 12.3 Å². The number of carbonyl (C=O) groups excluding carboxylic acids is 2. The monoisotopic (exact) mass is 1040 g/mol. The maximum absolute atomic E-state index is 15.4. The molecule has 0 radical (unpaired) electrons. The summed E-state index contributed by atoms with van der Waals surface area (Å²) in [5.41, 5.74) is -11.5. The van der Waals surface area contributed by atoms with Crippen molar-refractivity contribution < 1.29 is 107 Å². The Morgan fingerprint density at radius 3 is 1.21 bits per heavy atom. The number of aromatic nitrogens is 2. The van der Waals surface area contributed by atoms with Crippen molar-refractivity contribution in [1.82, 2.24) is 4.98 Å². The fourth-order valence-electron chi connectivity index (χ4n) is 7.93. The number of Topliss-reactive ketones (excluding diaryl/α,β-unsaturated/α-hetero) is 1. The van der Waals surface area contributed by atoms with Crippen LogP contribution in [-0.2, 0) is 11.3 Å². The minimum atomic E-state index is -7.22. The van der Waals surface area contributed by atoms with E-state index in [0.717, 1.165) is 11.1 Å². The standard InChI is InChI=1S/C24BF20.C22H17N2O3/c26-5-1(6(27)14(35)21(42)13(5)34)25(2-7(28)15(36)22(43)16(37)8(2)29,3-9(30)17(38)23(44)18(39)10(3)31)4-11(32)19(40)24(45)20(41)12(4)33;25-20(17-7-2-1-3-8-17)15-24-13-12-23-14-19(24)22(26)27-21-11-10-16-6-4-5-9-18(16)21/h;1-14,21H,15H2/q-1;+1. The zero-order valence-corrected chi connectivity index (χ0v) is 34.6. The number of ether oxygens (including phenoxy) is 1. The smallest absolute Gasteiger partial charge is 0.406 e. The number of hydrogen-bond acceptors (Lipinski definition) is 4. The van der Waals surface area contributed by atoms with Crippen molar-refractivity contribution in [1.29, 1.82) is 0 Å². The highest BCUT2D eigenvalue weighted by Crippen LogP contribution is 2.33. The van der Waals surface area contributed by atoms with Crippen LogP contribution < -0.4 is 26.4 Å². The lowest BCUT2D eigenvalue weighted by Crippen LogP contribution is -2.81. The minimum absolute atomic E-state index is 0.0358. The largest absolute Gasteiger partial charge is 0.445 e. The summed E-state index contributed by atoms with van der Waals surface area (Å²) < 4.78 is 301. The Morgan fingerprint density at radius 1 is 0.472 bits per heavy atom. The molecule has 1 aliphatic rings. The van der Waals surface area contributed by atoms with Crippen LogP contribution in [0, 0.1) is 116 Å². The molecule has 26 heteroatoms. The molecule has 0 saturated heterocycles. The number of carbonyl (C=O) groups is 2. The number of ketones is 1. The van der Waals surface area contributed by atoms with E-state index >= 15 is 35.1 Å². The van der Waals surface area contributed by atoms with Crippen molar-refractivity contribution in [3.63, 3.8) is 0 Å². The molecule has 1 aromatic heterocycles. The lowest BCUT2D eigenvalue weighted by atomic mass is 9.12. The van der Waals surface area contributed by atoms with Crippen molar-refractivity contribution in [3.8, 4) is 0 Å². The van der Waals surface area contributed by atoms with E-state index in [0.29, 0.717) is 5.56 Å². The van der Waals surface area contributed by atoms with E-state index in [1.54, 1.807) is 29.1 Å². The average molecular weight is 1040 g/mol. The second kappa shape index (κ2) is 19.6. The van der Waals surface area contributed by atoms with Crippen LogP contribution in [0.5, 0.6) is 0 Å². The van der Waals surface area contributed by atoms with Crippen molar-refractivity contribution >= 4 is 45.8 Å². The first-order valence-electron chi connectivity index (χ1n) is 19.6. The summed E-state index contributed by atoms with van der Waals surface area (Å²) in [5, 5.41) is 0. The van der Waals surface area contributed by atoms with E-state index in [2.05, 4.69) is 4.98 Å². The van der Waals surface area contributed by atoms with E-state index in [-0.39, 0.29) is 18.0 Å². The van der Waals surface area contributed by atoms with Crippen LogP contribution in [0.2, 0.25) is 0 Å². The van der Waals surface area contributed by atoms with Gasteiger partial charge in [-0.15, -0.1) is 21.9 Å². The molecule has 1 heterocycles. The van der Waals surface area contributed by atoms with Crippen LogP contribution in [0.25, 0.3) is 6.08 Å². The summed E-state index contributed by atoms with van der Waals surface area (Å²) >= 11 is 0. The minimum Gasteiger partial charge on any atom is -0.445 e. The third kappa shape index (κ3) is 8.26. The van der Waals surface area contributed by atoms with Crippen LogP contribution in [0.4, 0.5) is 87.8 Å². The SMILES string of the molecule is Fc1c(F)c(F)c([B-](c2c(F)c(F)c(F)c(F)c2F)(c2c(F)c(F)c(F)c(F)c2F)c2c(F)c(F)c(F)c(F)c2F)c(F)c1F.O=C(C[n+]1ccncc1C(=O)OC1C=Cc2ccccc21)c1ccccc1. The molecule has 8 rings (SSSR count). The van der Waals surface area contributed by atoms with Gasteiger partial charge < -0.3 is 4.74 Å². The topological polar surface area (TPSA) is 60.1 Å². The quantitative estimate of drug-likeness (QED) is 0.0276. The van der Waals surface area contributed by atoms with Gasteiger partial charge in [0, 0.05) is 11.1 Å². The summed E-state index contributed by atoms with van der Waals surface area (Å²) in [6.07, 6.45) is 0.695. The number of nitrogens with zero attached hydrogens (tertiary/aromatic N) is 2. The van der Waals surface area contributed by atoms with Crippen molar-refractivity contribution in [3.05, 3.63) is 218 Å². The average Bonchev–Trinajstić information content (AvgIpc) is 3.78. The van der Waals surface area contributed by atoms with Crippen LogP contribution in [-0.4, -0.2) is 22.9 Å². The van der Waals surface area contributed by atoms with Gasteiger partial charge >= 0.3 is 11.7 Å². The van der Waals surface area contributed by atoms with Gasteiger partial charge in [-0.05, 0) is 11.6 Å². The fourth-order valence-corrected chi connectivity index (χ4v) is 7.93. The van der Waals surface area contributed by atoms with Gasteiger partial charge in [-0.25, -0.2) is 92.6 Å². The maximum atomic E-state index is 15.4. The van der Waals surface area contributed by atoms with Crippen molar-refractivity contribution in [2.45, 2.75) is 12.6 Å². The van der Waals surface area contributed by atoms with Crippen LogP contribution in [0.15, 0.2) is 79.3 Å². The second-order valence-electron chi connectivity index (χ2n) is 15.0. The lowest BCUT2D eigenvalue weighted by Gasteiger charge is -2.44. The molecule has 1 atom stereocenters. The summed E-state index contributed by atoms with van der Waals surface area (Å²) in [4.78, 5) is 29.2. The third-order valence-electron chi connectivity index (χ3n) is 11.2. The Morgan fingerprint density at radius 2 is 0.819 bits per heavy atom. The fraction of sp³-hybridized carbons (Fsp3) is 0.0435. The molecule has 0 bridgehead atoms. The molecule has 372 valence electrons. The first-order chi connectivity index (χ1) is 33.9. The number of fused-ring (bicyclic) bond motifs is 1. The van der Waals surface area contributed by atoms with Gasteiger partial charge in [0.25, 0.3) is 0 Å². The highest BCUT2D eigenvalue weighted by molar-refractivity contribution is 7.20. The van der Waals surface area contributed by atoms with Crippen LogP contribution >= 0.6 is 0 Å². The Kier molecular flexibility index (Phi) is 14.1. The maximum Gasteiger partial charge on any atom is 0.406 e. The number of esters is 1. The summed E-state index contributed by atoms with van der Waals surface area (Å²) in [5.74, 6) is -72.0. The molecule has 72 heavy (non-hydrogen) atoms. The van der Waals surface area contributed by atoms with E-state index < -0.39 is 156 Å². The Hall–Kier alpha value is -8.06. The Bertz CT molecular complexity index is 3050. The van der Waals surface area contributed by atoms with Gasteiger partial charge in [0.1, 0.15) is 65.0 Å². The number of halogens is 20. The Labute approximate surface area is 387 Å². The van der Waals surface area contributed by atoms with Crippen LogP contribution in [0.3, 0.4) is 0 Å². The summed E-state index contributed by atoms with van der Waals surface area (Å²) in [6, 6.07) is 16.7. The molecular formula is C46H17BF20N2O3. The number of hydrogen-bond donors (Lipinski definition) is 0. The molecule has 0 fully saturated rings. The molecule has 0 saturated carbocycles. The van der Waals surface area contributed by atoms with Crippen LogP contribution in [0.1, 0.15) is 38.1 Å². The van der Waals surface area contributed by atoms with E-state index in [1.165, 1.54) is 6.20 Å². The second-order valence-corrected chi connectivity index (χ2v) is 15.0. The highest BCUT2D eigenvalue weighted by atomic mass is 19.2. The predicted molar refractivity (Wildman–Crippen MR) is 208 cm³/mol. The molecule has 1 unspecified atom stereocenters. The highest BCUT2D eigenvalue weighted by Gasteiger charge is 2.52. The molecule has 0 amide bonds. The zero-order chi connectivity index (χ0) is 53.0. The normalized spacial score (nSPS) is 13.0. The van der Waals surface area contributed by atoms with Gasteiger partial charge in [-0.1, -0.05) is 60.7 Å². The molecule has 0 spiro atoms. The molecule has 0 aliphatic heterocycles. The summed E-state index contributed by atoms with van der Waals surface area (Å²) in [6.45, 7) is 0.0358. The number of rotatable bonds is 9. The molecular weight excluding hydrogens is 1020 g/mol. The Balaban J connectivity index is 0.000000238. The van der Waals surface area contributed by atoms with Gasteiger partial charge in [0.15, 0.2) is 76.0 Å². The first kappa shape index (κ1) is 51.8. The lowest BCUT2D eigenvalue weighted by molar-refractivity contribution is -0.686.